The smallest absolute Gasteiger partial charge is 0.0298 e. The van der Waals surface area contributed by atoms with E-state index in [9.17, 15) is 0 Å². The second-order valence-corrected chi connectivity index (χ2v) is 7.87. The van der Waals surface area contributed by atoms with E-state index < -0.39 is 0 Å². The van der Waals surface area contributed by atoms with Crippen LogP contribution in [0.1, 0.15) is 72.6 Å². The Morgan fingerprint density at radius 2 is 1.74 bits per heavy atom. The van der Waals surface area contributed by atoms with Crippen molar-refractivity contribution in [3.05, 3.63) is 0 Å². The first kappa shape index (κ1) is 15.3. The van der Waals surface area contributed by atoms with Crippen LogP contribution in [0.3, 0.4) is 0 Å². The third kappa shape index (κ3) is 3.33. The predicted octanol–water partition coefficient (Wildman–Crippen LogP) is 3.79. The summed E-state index contributed by atoms with van der Waals surface area (Å²) in [6.07, 6.45) is 9.68. The van der Waals surface area contributed by atoms with Gasteiger partial charge in [0.25, 0.3) is 0 Å². The molecule has 1 aliphatic heterocycles. The fourth-order valence-corrected chi connectivity index (χ4v) is 4.62. The van der Waals surface area contributed by atoms with Crippen molar-refractivity contribution in [2.75, 3.05) is 6.54 Å². The Kier molecular flexibility index (Phi) is 4.94. The van der Waals surface area contributed by atoms with Crippen molar-refractivity contribution in [2.24, 2.45) is 17.1 Å². The van der Waals surface area contributed by atoms with Gasteiger partial charge >= 0.3 is 0 Å². The first-order valence-electron chi connectivity index (χ1n) is 8.46. The van der Waals surface area contributed by atoms with Gasteiger partial charge in [-0.15, -0.1) is 0 Å². The standard InChI is InChI=1S/C17H34N2/c1-5-14(18)16(17(2,3)4)19-12-8-10-13-9-6-7-11-15(13)19/h13-16H,5-12,18H2,1-4H3/t13-,14?,15-,16?/m1/s1. The summed E-state index contributed by atoms with van der Waals surface area (Å²) in [6.45, 7) is 10.6. The van der Waals surface area contributed by atoms with Crippen LogP contribution >= 0.6 is 0 Å². The first-order chi connectivity index (χ1) is 8.95. The molecule has 1 saturated carbocycles. The Balaban J connectivity index is 2.19. The second-order valence-electron chi connectivity index (χ2n) is 7.87. The van der Waals surface area contributed by atoms with Crippen molar-refractivity contribution in [1.82, 2.24) is 4.90 Å². The second kappa shape index (κ2) is 6.13. The molecule has 2 nitrogen and oxygen atoms in total. The Morgan fingerprint density at radius 1 is 1.11 bits per heavy atom. The molecule has 0 amide bonds. The minimum absolute atomic E-state index is 0.286. The van der Waals surface area contributed by atoms with Gasteiger partial charge in [0.15, 0.2) is 0 Å². The summed E-state index contributed by atoms with van der Waals surface area (Å²) in [5.74, 6) is 0.955. The van der Waals surface area contributed by atoms with E-state index in [1.807, 2.05) is 0 Å². The van der Waals surface area contributed by atoms with Crippen molar-refractivity contribution in [3.63, 3.8) is 0 Å². The van der Waals surface area contributed by atoms with E-state index in [2.05, 4.69) is 32.6 Å². The zero-order valence-electron chi connectivity index (χ0n) is 13.5. The Morgan fingerprint density at radius 3 is 2.37 bits per heavy atom. The van der Waals surface area contributed by atoms with Crippen molar-refractivity contribution in [1.29, 1.82) is 0 Å². The molecule has 2 rings (SSSR count). The molecule has 0 aromatic carbocycles. The summed E-state index contributed by atoms with van der Waals surface area (Å²) in [4.78, 5) is 2.82. The van der Waals surface area contributed by atoms with Crippen molar-refractivity contribution in [3.8, 4) is 0 Å². The molecule has 2 N–H and O–H groups in total. The number of hydrogen-bond donors (Lipinski definition) is 1. The molecule has 2 heteroatoms. The van der Waals surface area contributed by atoms with Crippen molar-refractivity contribution < 1.29 is 0 Å². The molecule has 112 valence electrons. The van der Waals surface area contributed by atoms with Crippen molar-refractivity contribution in [2.45, 2.75) is 90.8 Å². The summed E-state index contributed by atoms with van der Waals surface area (Å²) < 4.78 is 0. The average Bonchev–Trinajstić information content (AvgIpc) is 2.37. The van der Waals surface area contributed by atoms with Gasteiger partial charge < -0.3 is 5.73 Å². The molecule has 1 heterocycles. The number of fused-ring (bicyclic) bond motifs is 1. The van der Waals surface area contributed by atoms with Crippen LogP contribution in [0.15, 0.2) is 0 Å². The summed E-state index contributed by atoms with van der Waals surface area (Å²) >= 11 is 0. The lowest BCUT2D eigenvalue weighted by Gasteiger charge is -2.53. The highest BCUT2D eigenvalue weighted by atomic mass is 15.2. The minimum Gasteiger partial charge on any atom is -0.326 e. The van der Waals surface area contributed by atoms with Crippen LogP contribution < -0.4 is 5.73 Å². The minimum atomic E-state index is 0.286. The average molecular weight is 266 g/mol. The zero-order valence-corrected chi connectivity index (χ0v) is 13.5. The molecule has 0 aromatic rings. The first-order valence-corrected chi connectivity index (χ1v) is 8.46. The van der Waals surface area contributed by atoms with E-state index in [1.165, 1.54) is 45.1 Å². The van der Waals surface area contributed by atoms with Crippen LogP contribution in [0, 0.1) is 11.3 Å². The summed E-state index contributed by atoms with van der Waals surface area (Å²) in [5, 5.41) is 0. The zero-order chi connectivity index (χ0) is 14.0. The number of piperidine rings is 1. The molecule has 2 aliphatic rings. The summed E-state index contributed by atoms with van der Waals surface area (Å²) in [6, 6.07) is 1.69. The third-order valence-electron chi connectivity index (χ3n) is 5.41. The summed E-state index contributed by atoms with van der Waals surface area (Å²) in [5.41, 5.74) is 6.80. The van der Waals surface area contributed by atoms with Gasteiger partial charge in [0.2, 0.25) is 0 Å². The third-order valence-corrected chi connectivity index (χ3v) is 5.41. The number of rotatable bonds is 3. The molecular weight excluding hydrogens is 232 g/mol. The maximum Gasteiger partial charge on any atom is 0.0298 e. The van der Waals surface area contributed by atoms with Gasteiger partial charge in [-0.05, 0) is 50.0 Å². The van der Waals surface area contributed by atoms with Crippen LogP contribution in [-0.4, -0.2) is 29.6 Å². The van der Waals surface area contributed by atoms with E-state index in [1.54, 1.807) is 0 Å². The highest BCUT2D eigenvalue weighted by molar-refractivity contribution is 4.97. The van der Waals surface area contributed by atoms with Gasteiger partial charge in [-0.1, -0.05) is 40.5 Å². The number of likely N-dealkylation sites (tertiary alicyclic amines) is 1. The summed E-state index contributed by atoms with van der Waals surface area (Å²) in [7, 11) is 0. The fourth-order valence-electron chi connectivity index (χ4n) is 4.62. The highest BCUT2D eigenvalue weighted by Gasteiger charge is 2.42. The maximum absolute atomic E-state index is 6.51. The van der Waals surface area contributed by atoms with Crippen LogP contribution in [0.2, 0.25) is 0 Å². The quantitative estimate of drug-likeness (QED) is 0.842. The lowest BCUT2D eigenvalue weighted by atomic mass is 9.73. The molecular formula is C17H34N2. The van der Waals surface area contributed by atoms with E-state index >= 15 is 0 Å². The van der Waals surface area contributed by atoms with Gasteiger partial charge in [0.1, 0.15) is 0 Å². The van der Waals surface area contributed by atoms with Gasteiger partial charge in [-0.2, -0.15) is 0 Å². The molecule has 19 heavy (non-hydrogen) atoms. The molecule has 0 spiro atoms. The number of hydrogen-bond acceptors (Lipinski definition) is 2. The molecule has 2 fully saturated rings. The molecule has 0 aromatic heterocycles. The van der Waals surface area contributed by atoms with Crippen molar-refractivity contribution >= 4 is 0 Å². The Labute approximate surface area is 120 Å². The fraction of sp³-hybridized carbons (Fsp3) is 1.00. The lowest BCUT2D eigenvalue weighted by molar-refractivity contribution is -0.0241. The molecule has 0 bridgehead atoms. The van der Waals surface area contributed by atoms with E-state index in [4.69, 9.17) is 5.73 Å². The predicted molar refractivity (Wildman–Crippen MR) is 83.2 cm³/mol. The maximum atomic E-state index is 6.51. The molecule has 2 unspecified atom stereocenters. The van der Waals surface area contributed by atoms with E-state index in [-0.39, 0.29) is 5.41 Å². The van der Waals surface area contributed by atoms with Gasteiger partial charge in [-0.3, -0.25) is 4.90 Å². The van der Waals surface area contributed by atoms with Gasteiger partial charge in [0.05, 0.1) is 0 Å². The molecule has 1 saturated heterocycles. The SMILES string of the molecule is CCC(N)C(N1CCC[C@H]2CCCC[C@H]21)C(C)(C)C. The van der Waals surface area contributed by atoms with Crippen LogP contribution in [-0.2, 0) is 0 Å². The van der Waals surface area contributed by atoms with E-state index in [0.29, 0.717) is 12.1 Å². The molecule has 0 radical (unpaired) electrons. The van der Waals surface area contributed by atoms with Crippen LogP contribution in [0.5, 0.6) is 0 Å². The topological polar surface area (TPSA) is 29.3 Å². The van der Waals surface area contributed by atoms with Crippen LogP contribution in [0.25, 0.3) is 0 Å². The van der Waals surface area contributed by atoms with Gasteiger partial charge in [-0.25, -0.2) is 0 Å². The van der Waals surface area contributed by atoms with Gasteiger partial charge in [0, 0.05) is 18.1 Å². The lowest BCUT2D eigenvalue weighted by Crippen LogP contribution is -2.61. The number of nitrogens with zero attached hydrogens (tertiary/aromatic N) is 1. The largest absolute Gasteiger partial charge is 0.326 e. The highest BCUT2D eigenvalue weighted by Crippen LogP contribution is 2.40. The monoisotopic (exact) mass is 266 g/mol. The number of nitrogens with two attached hydrogens (primary N) is 1. The van der Waals surface area contributed by atoms with Crippen LogP contribution in [0.4, 0.5) is 0 Å². The van der Waals surface area contributed by atoms with E-state index in [0.717, 1.165) is 18.4 Å². The normalized spacial score (nSPS) is 32.7. The Bertz CT molecular complexity index is 279. The molecule has 1 aliphatic carbocycles. The Hall–Kier alpha value is -0.0800. The molecule has 4 atom stereocenters.